The number of carbonyl (C=O) groups excluding carboxylic acids is 2. The number of pyridine rings is 1. The molecule has 0 bridgehead atoms. The summed E-state index contributed by atoms with van der Waals surface area (Å²) in [6.07, 6.45) is 2.85. The molecule has 0 fully saturated rings. The lowest BCUT2D eigenvalue weighted by atomic mass is 10.2. The zero-order valence-corrected chi connectivity index (χ0v) is 19.8. The van der Waals surface area contributed by atoms with Crippen molar-refractivity contribution in [2.45, 2.75) is 31.7 Å². The first-order chi connectivity index (χ1) is 16.6. The number of carbonyl (C=O) groups is 2. The van der Waals surface area contributed by atoms with Crippen LogP contribution in [0.4, 0.5) is 11.6 Å². The Labute approximate surface area is 200 Å². The summed E-state index contributed by atoms with van der Waals surface area (Å²) in [4.78, 5) is 37.2. The van der Waals surface area contributed by atoms with E-state index in [0.717, 1.165) is 5.01 Å². The minimum Gasteiger partial charge on any atom is -0.269 e. The van der Waals surface area contributed by atoms with Crippen molar-refractivity contribution in [2.75, 3.05) is 4.72 Å². The average Bonchev–Trinajstić information content (AvgIpc) is 3.10. The summed E-state index contributed by atoms with van der Waals surface area (Å²) < 4.78 is 27.7. The molecule has 1 atom stereocenters. The Balaban J connectivity index is 1.46. The molecule has 1 aliphatic rings. The third-order valence-corrected chi connectivity index (χ3v) is 6.18. The fourth-order valence-corrected chi connectivity index (χ4v) is 4.16. The fraction of sp³-hybridized carbons (Fsp3) is 0.182. The largest absolute Gasteiger partial charge is 0.282 e. The number of benzene rings is 1. The normalized spacial score (nSPS) is 16.0. The predicted octanol–water partition coefficient (Wildman–Crippen LogP) is 2.80. The number of azo groups is 1. The van der Waals surface area contributed by atoms with Gasteiger partial charge in [-0.1, -0.05) is 0 Å². The number of anilines is 1. The van der Waals surface area contributed by atoms with Gasteiger partial charge >= 0.3 is 0 Å². The van der Waals surface area contributed by atoms with Crippen molar-refractivity contribution < 1.29 is 18.0 Å². The second-order valence-corrected chi connectivity index (χ2v) is 9.31. The Morgan fingerprint density at radius 2 is 1.74 bits per heavy atom. The van der Waals surface area contributed by atoms with Gasteiger partial charge in [-0.3, -0.25) is 14.6 Å². The van der Waals surface area contributed by atoms with E-state index in [1.807, 2.05) is 0 Å². The summed E-state index contributed by atoms with van der Waals surface area (Å²) in [6, 6.07) is 9.32. The van der Waals surface area contributed by atoms with E-state index in [0.29, 0.717) is 22.8 Å². The molecule has 1 aliphatic heterocycles. The maximum Gasteiger partial charge on any atom is 0.282 e. The molecule has 35 heavy (non-hydrogen) atoms. The van der Waals surface area contributed by atoms with Crippen molar-refractivity contribution in [2.24, 2.45) is 15.3 Å². The Morgan fingerprint density at radius 1 is 1.06 bits per heavy atom. The standard InChI is InChI=1S/C22H20N8O4S/c1-13-11-14(2)25-22(24-13)29-35(33,34)18-8-6-17(7-9-18)26-27-19-15(3)28-30(21(19)32)20(31)16-5-4-10-23-12-16/h4-12,19H,1-3H3,(H,24,25,29)/t19-/m1/s1. The maximum atomic E-state index is 12.7. The van der Waals surface area contributed by atoms with Gasteiger partial charge in [-0.15, -0.1) is 0 Å². The molecule has 0 aliphatic carbocycles. The van der Waals surface area contributed by atoms with Gasteiger partial charge in [-0.05, 0) is 63.2 Å². The number of sulfonamides is 1. The van der Waals surface area contributed by atoms with Gasteiger partial charge in [0.1, 0.15) is 0 Å². The van der Waals surface area contributed by atoms with Crippen LogP contribution in [0.5, 0.6) is 0 Å². The smallest absolute Gasteiger partial charge is 0.269 e. The van der Waals surface area contributed by atoms with Gasteiger partial charge in [0.2, 0.25) is 5.95 Å². The molecule has 13 heteroatoms. The Bertz CT molecular complexity index is 1430. The number of aromatic nitrogens is 3. The summed E-state index contributed by atoms with van der Waals surface area (Å²) in [5.41, 5.74) is 2.09. The highest BCUT2D eigenvalue weighted by Gasteiger charge is 2.38. The van der Waals surface area contributed by atoms with Crippen molar-refractivity contribution in [3.8, 4) is 0 Å². The minimum absolute atomic E-state index is 0.0221. The lowest BCUT2D eigenvalue weighted by molar-refractivity contribution is -0.127. The molecule has 2 amide bonds. The van der Waals surface area contributed by atoms with Crippen molar-refractivity contribution >= 4 is 39.2 Å². The van der Waals surface area contributed by atoms with Crippen LogP contribution in [-0.2, 0) is 14.8 Å². The zero-order valence-electron chi connectivity index (χ0n) is 18.9. The number of amides is 2. The SMILES string of the molecule is CC1=NN(C(=O)c2cccnc2)C(=O)[C@@H]1N=Nc1ccc(S(=O)(=O)Nc2nc(C)cc(C)n2)cc1. The van der Waals surface area contributed by atoms with Crippen LogP contribution < -0.4 is 4.72 Å². The summed E-state index contributed by atoms with van der Waals surface area (Å²) in [5.74, 6) is -1.28. The van der Waals surface area contributed by atoms with Crippen LogP contribution in [-0.4, -0.2) is 51.9 Å². The molecule has 1 aromatic carbocycles. The fourth-order valence-electron chi connectivity index (χ4n) is 3.21. The summed E-state index contributed by atoms with van der Waals surface area (Å²) in [5, 5.41) is 12.8. The molecule has 1 N–H and O–H groups in total. The van der Waals surface area contributed by atoms with Crippen molar-refractivity contribution in [1.82, 2.24) is 20.0 Å². The monoisotopic (exact) mass is 492 g/mol. The molecule has 0 radical (unpaired) electrons. The highest BCUT2D eigenvalue weighted by molar-refractivity contribution is 7.92. The van der Waals surface area contributed by atoms with E-state index < -0.39 is 27.9 Å². The molecule has 0 unspecified atom stereocenters. The molecular weight excluding hydrogens is 472 g/mol. The van der Waals surface area contributed by atoms with E-state index in [1.54, 1.807) is 32.9 Å². The number of nitrogens with one attached hydrogen (secondary N) is 1. The quantitative estimate of drug-likeness (QED) is 0.409. The first kappa shape index (κ1) is 23.8. The number of nitrogens with zero attached hydrogens (tertiary/aromatic N) is 7. The average molecular weight is 493 g/mol. The van der Waals surface area contributed by atoms with E-state index in [1.165, 1.54) is 42.7 Å². The van der Waals surface area contributed by atoms with E-state index in [9.17, 15) is 18.0 Å². The summed E-state index contributed by atoms with van der Waals surface area (Å²) in [6.45, 7) is 5.04. The summed E-state index contributed by atoms with van der Waals surface area (Å²) in [7, 11) is -3.92. The molecule has 0 spiro atoms. The van der Waals surface area contributed by atoms with Crippen molar-refractivity contribution in [1.29, 1.82) is 0 Å². The molecule has 0 saturated heterocycles. The number of rotatable bonds is 6. The second-order valence-electron chi connectivity index (χ2n) is 7.63. The number of hydrogen-bond donors (Lipinski definition) is 1. The van der Waals surface area contributed by atoms with Crippen LogP contribution >= 0.6 is 0 Å². The Hall–Kier alpha value is -4.39. The third-order valence-electron chi connectivity index (χ3n) is 4.84. The predicted molar refractivity (Wildman–Crippen MR) is 126 cm³/mol. The van der Waals surface area contributed by atoms with Gasteiger partial charge in [-0.25, -0.2) is 23.1 Å². The topological polar surface area (TPSA) is 159 Å². The Kier molecular flexibility index (Phi) is 6.42. The third kappa shape index (κ3) is 5.24. The molecule has 12 nitrogen and oxygen atoms in total. The highest BCUT2D eigenvalue weighted by Crippen LogP contribution is 2.21. The molecule has 3 heterocycles. The first-order valence-corrected chi connectivity index (χ1v) is 11.8. The van der Waals surface area contributed by atoms with Gasteiger partial charge in [0.15, 0.2) is 6.04 Å². The number of hydrazone groups is 1. The second kappa shape index (κ2) is 9.46. The molecule has 4 rings (SSSR count). The van der Waals surface area contributed by atoms with Crippen molar-refractivity contribution in [3.05, 3.63) is 71.8 Å². The number of aryl methyl sites for hydroxylation is 2. The van der Waals surface area contributed by atoms with Gasteiger partial charge in [-0.2, -0.15) is 20.3 Å². The van der Waals surface area contributed by atoms with Crippen LogP contribution in [0.1, 0.15) is 28.7 Å². The highest BCUT2D eigenvalue weighted by atomic mass is 32.2. The van der Waals surface area contributed by atoms with E-state index >= 15 is 0 Å². The van der Waals surface area contributed by atoms with Crippen LogP contribution in [0.3, 0.4) is 0 Å². The van der Waals surface area contributed by atoms with E-state index in [2.05, 4.69) is 35.0 Å². The number of hydrogen-bond acceptors (Lipinski definition) is 10. The van der Waals surface area contributed by atoms with Crippen molar-refractivity contribution in [3.63, 3.8) is 0 Å². The minimum atomic E-state index is -3.92. The molecule has 178 valence electrons. The lowest BCUT2D eigenvalue weighted by Gasteiger charge is -2.10. The maximum absolute atomic E-state index is 12.7. The first-order valence-electron chi connectivity index (χ1n) is 10.3. The van der Waals surface area contributed by atoms with E-state index in [-0.39, 0.29) is 16.4 Å². The summed E-state index contributed by atoms with van der Waals surface area (Å²) >= 11 is 0. The van der Waals surface area contributed by atoms with Gasteiger partial charge in [0, 0.05) is 23.8 Å². The zero-order chi connectivity index (χ0) is 25.2. The molecular formula is C22H20N8O4S. The van der Waals surface area contributed by atoms with Gasteiger partial charge < -0.3 is 0 Å². The Morgan fingerprint density at radius 3 is 2.37 bits per heavy atom. The molecule has 2 aromatic heterocycles. The van der Waals surface area contributed by atoms with Crippen LogP contribution in [0, 0.1) is 13.8 Å². The van der Waals surface area contributed by atoms with Gasteiger partial charge in [0.05, 0.1) is 21.9 Å². The van der Waals surface area contributed by atoms with Crippen LogP contribution in [0.15, 0.2) is 75.1 Å². The number of imide groups is 1. The van der Waals surface area contributed by atoms with Gasteiger partial charge in [0.25, 0.3) is 21.8 Å². The van der Waals surface area contributed by atoms with Crippen LogP contribution in [0.2, 0.25) is 0 Å². The molecule has 3 aromatic rings. The lowest BCUT2D eigenvalue weighted by Crippen LogP contribution is -2.34. The molecule has 0 saturated carbocycles. The van der Waals surface area contributed by atoms with E-state index in [4.69, 9.17) is 0 Å². The van der Waals surface area contributed by atoms with Crippen LogP contribution in [0.25, 0.3) is 0 Å².